The molecule has 10 heteroatoms. The van der Waals surface area contributed by atoms with E-state index >= 15 is 0 Å². The minimum absolute atomic E-state index is 0.258. The Labute approximate surface area is 225 Å². The molecule has 0 aliphatic carbocycles. The fourth-order valence-electron chi connectivity index (χ4n) is 4.51. The van der Waals surface area contributed by atoms with Crippen LogP contribution in [-0.4, -0.2) is 61.9 Å². The zero-order chi connectivity index (χ0) is 24.9. The van der Waals surface area contributed by atoms with Gasteiger partial charge in [0.15, 0.2) is 5.11 Å². The number of rotatable bonds is 8. The lowest BCUT2D eigenvalue weighted by Gasteiger charge is -2.25. The molecule has 2 aromatic heterocycles. The minimum atomic E-state index is 0.258. The van der Waals surface area contributed by atoms with E-state index in [9.17, 15) is 0 Å². The van der Waals surface area contributed by atoms with Crippen LogP contribution < -0.4 is 5.73 Å². The first-order valence-electron chi connectivity index (χ1n) is 11.6. The molecule has 35 heavy (non-hydrogen) atoms. The van der Waals surface area contributed by atoms with Crippen molar-refractivity contribution in [3.63, 3.8) is 0 Å². The summed E-state index contributed by atoms with van der Waals surface area (Å²) < 4.78 is 2.80. The number of nitrogens with zero attached hydrogens (tertiary/aromatic N) is 7. The number of hydrogen-bond acceptors (Lipinski definition) is 6. The number of likely N-dealkylation sites (N-methyl/N-ethyl adjacent to an activating group) is 1. The molecular weight excluding hydrogens is 571 g/mol. The van der Waals surface area contributed by atoms with Gasteiger partial charge in [-0.25, -0.2) is 15.0 Å². The van der Waals surface area contributed by atoms with Gasteiger partial charge in [0.2, 0.25) is 0 Å². The number of benzene rings is 1. The molecular formula is C25H29IN8S. The molecule has 3 heterocycles. The Morgan fingerprint density at radius 1 is 1.37 bits per heavy atom. The molecule has 0 amide bonds. The number of hydrazone groups is 1. The third kappa shape index (κ3) is 5.79. The Hall–Kier alpha value is -2.62. The van der Waals surface area contributed by atoms with Crippen molar-refractivity contribution in [2.24, 2.45) is 17.9 Å². The smallest absolute Gasteiger partial charge is 0.187 e. The first-order valence-corrected chi connectivity index (χ1v) is 13.5. The zero-order valence-electron chi connectivity index (χ0n) is 20.0. The fourth-order valence-corrected chi connectivity index (χ4v) is 5.34. The molecule has 4 rings (SSSR count). The summed E-state index contributed by atoms with van der Waals surface area (Å²) in [5.41, 5.74) is 12.0. The lowest BCUT2D eigenvalue weighted by Crippen LogP contribution is -2.41. The number of likely N-dealkylation sites (tertiary alicyclic amines) is 1. The molecule has 0 bridgehead atoms. The van der Waals surface area contributed by atoms with Crippen LogP contribution in [0.2, 0.25) is 0 Å². The Bertz CT molecular complexity index is 1290. The highest BCUT2D eigenvalue weighted by atomic mass is 127. The molecule has 1 aromatic carbocycles. The summed E-state index contributed by atoms with van der Waals surface area (Å²) in [6.45, 7) is 1.74. The number of aromatic nitrogens is 3. The van der Waals surface area contributed by atoms with E-state index in [-0.39, 0.29) is 5.11 Å². The number of pyridine rings is 1. The molecule has 8 nitrogen and oxygen atoms in total. The molecule has 1 saturated heterocycles. The number of nitrogens with two attached hydrogens (primary N) is 1. The van der Waals surface area contributed by atoms with Crippen molar-refractivity contribution in [2.45, 2.75) is 36.2 Å². The van der Waals surface area contributed by atoms with E-state index in [2.05, 4.69) is 57.7 Å². The van der Waals surface area contributed by atoms with Gasteiger partial charge in [-0.15, -0.1) is 0 Å². The van der Waals surface area contributed by atoms with Gasteiger partial charge < -0.3 is 15.2 Å². The van der Waals surface area contributed by atoms with Crippen LogP contribution in [0.25, 0.3) is 22.3 Å². The van der Waals surface area contributed by atoms with E-state index < -0.39 is 0 Å². The minimum Gasteiger partial charge on any atom is -0.375 e. The number of nitriles is 1. The van der Waals surface area contributed by atoms with Gasteiger partial charge >= 0.3 is 0 Å². The average Bonchev–Trinajstić information content (AvgIpc) is 3.46. The molecule has 182 valence electrons. The van der Waals surface area contributed by atoms with Gasteiger partial charge in [-0.1, -0.05) is 22.6 Å². The van der Waals surface area contributed by atoms with Crippen LogP contribution in [0.3, 0.4) is 0 Å². The second kappa shape index (κ2) is 11.4. The molecule has 0 spiro atoms. The van der Waals surface area contributed by atoms with Gasteiger partial charge in [0.1, 0.15) is 0 Å². The van der Waals surface area contributed by atoms with Crippen molar-refractivity contribution >= 4 is 57.0 Å². The van der Waals surface area contributed by atoms with Crippen LogP contribution in [0, 0.1) is 11.3 Å². The third-order valence-corrected chi connectivity index (χ3v) is 7.57. The van der Waals surface area contributed by atoms with Crippen LogP contribution >= 0.6 is 34.8 Å². The maximum Gasteiger partial charge on any atom is 0.187 e. The van der Waals surface area contributed by atoms with Crippen molar-refractivity contribution in [2.75, 3.05) is 20.1 Å². The number of thiocarbonyl (C=S) groups is 1. The first kappa shape index (κ1) is 25.5. The van der Waals surface area contributed by atoms with Crippen molar-refractivity contribution < 1.29 is 0 Å². The predicted molar refractivity (Wildman–Crippen MR) is 152 cm³/mol. The Morgan fingerprint density at radius 2 is 2.20 bits per heavy atom. The summed E-state index contributed by atoms with van der Waals surface area (Å²) in [6.07, 6.45) is 8.87. The van der Waals surface area contributed by atoms with E-state index in [1.165, 1.54) is 12.0 Å². The summed E-state index contributed by atoms with van der Waals surface area (Å²) >= 11 is 7.69. The summed E-state index contributed by atoms with van der Waals surface area (Å²) in [6, 6.07) is 8.94. The second-order valence-corrected chi connectivity index (χ2v) is 10.0. The van der Waals surface area contributed by atoms with E-state index in [0.717, 1.165) is 50.8 Å². The summed E-state index contributed by atoms with van der Waals surface area (Å²) in [4.78, 5) is 11.6. The van der Waals surface area contributed by atoms with Gasteiger partial charge in [-0.2, -0.15) is 10.4 Å². The average molecular weight is 601 g/mol. The van der Waals surface area contributed by atoms with Crippen LogP contribution in [0.4, 0.5) is 0 Å². The number of imidazole rings is 1. The molecule has 0 radical (unpaired) electrons. The SMILES string of the molecule is CN1CCCC1CN(/N=C/c1cc(-c2cncn2C)nc2cc(CI)c(CCC#N)cc12)C(N)=S. The van der Waals surface area contributed by atoms with Crippen LogP contribution in [0.1, 0.15) is 36.0 Å². The number of halogens is 1. The van der Waals surface area contributed by atoms with Crippen LogP contribution in [-0.2, 0) is 17.9 Å². The monoisotopic (exact) mass is 600 g/mol. The molecule has 3 aromatic rings. The van der Waals surface area contributed by atoms with Crippen molar-refractivity contribution in [1.29, 1.82) is 5.26 Å². The topological polar surface area (TPSA) is 99.4 Å². The predicted octanol–water partition coefficient (Wildman–Crippen LogP) is 4.00. The number of fused-ring (bicyclic) bond motifs is 1. The maximum absolute atomic E-state index is 9.13. The molecule has 1 unspecified atom stereocenters. The summed E-state index contributed by atoms with van der Waals surface area (Å²) in [5.74, 6) is 0. The number of aryl methyl sites for hydroxylation is 2. The Morgan fingerprint density at radius 3 is 2.83 bits per heavy atom. The van der Waals surface area contributed by atoms with Gasteiger partial charge in [-0.05, 0) is 74.4 Å². The zero-order valence-corrected chi connectivity index (χ0v) is 23.0. The molecule has 1 aliphatic heterocycles. The third-order valence-electron chi connectivity index (χ3n) is 6.54. The van der Waals surface area contributed by atoms with Crippen molar-refractivity contribution in [3.8, 4) is 17.5 Å². The van der Waals surface area contributed by atoms with E-state index in [1.807, 2.05) is 30.1 Å². The lowest BCUT2D eigenvalue weighted by molar-refractivity contribution is 0.256. The Kier molecular flexibility index (Phi) is 8.30. The largest absolute Gasteiger partial charge is 0.375 e. The van der Waals surface area contributed by atoms with Crippen LogP contribution in [0.5, 0.6) is 0 Å². The highest BCUT2D eigenvalue weighted by Crippen LogP contribution is 2.28. The lowest BCUT2D eigenvalue weighted by atomic mass is 9.98. The molecule has 1 fully saturated rings. The van der Waals surface area contributed by atoms with E-state index in [1.54, 1.807) is 11.3 Å². The Balaban J connectivity index is 1.80. The maximum atomic E-state index is 9.13. The number of alkyl halides is 1. The van der Waals surface area contributed by atoms with Crippen LogP contribution in [0.15, 0.2) is 35.8 Å². The number of hydrogen-bond donors (Lipinski definition) is 1. The highest BCUT2D eigenvalue weighted by molar-refractivity contribution is 14.1. The normalized spacial score (nSPS) is 16.2. The molecule has 0 saturated carbocycles. The van der Waals surface area contributed by atoms with E-state index in [4.69, 9.17) is 33.3 Å². The van der Waals surface area contributed by atoms with Gasteiger partial charge in [0, 0.05) is 34.9 Å². The quantitative estimate of drug-likeness (QED) is 0.137. The molecule has 1 aliphatic rings. The second-order valence-electron chi connectivity index (χ2n) is 8.86. The highest BCUT2D eigenvalue weighted by Gasteiger charge is 2.24. The van der Waals surface area contributed by atoms with Gasteiger partial charge in [-0.3, -0.25) is 0 Å². The summed E-state index contributed by atoms with van der Waals surface area (Å²) in [5, 5.41) is 16.8. The van der Waals surface area contributed by atoms with Crippen molar-refractivity contribution in [3.05, 3.63) is 47.4 Å². The van der Waals surface area contributed by atoms with Gasteiger partial charge in [0.05, 0.1) is 48.3 Å². The summed E-state index contributed by atoms with van der Waals surface area (Å²) in [7, 11) is 4.08. The van der Waals surface area contributed by atoms with E-state index in [0.29, 0.717) is 25.4 Å². The van der Waals surface area contributed by atoms with Crippen molar-refractivity contribution in [1.82, 2.24) is 24.4 Å². The first-order chi connectivity index (χ1) is 16.9. The molecule has 1 atom stereocenters. The fraction of sp³-hybridized carbons (Fsp3) is 0.400. The standard InChI is InChI=1S/C25H29IN8S/c1-32-8-4-6-20(32)15-34(25(28)35)30-13-19-11-23(24-14-29-16-33(24)2)31-22-10-18(12-26)17(5-3-7-27)9-21(19)22/h9-11,13-14,16,20H,3-6,8,12,15H2,1-2H3,(H2,28,35)/b30-13+. The van der Waals surface area contributed by atoms with Gasteiger partial charge in [0.25, 0.3) is 0 Å². The molecule has 2 N–H and O–H groups in total.